The van der Waals surface area contributed by atoms with Gasteiger partial charge in [0.15, 0.2) is 0 Å². The largest absolute Gasteiger partial charge is 0.491 e. The molecule has 0 aromatic heterocycles. The van der Waals surface area contributed by atoms with Crippen molar-refractivity contribution in [2.24, 2.45) is 0 Å². The van der Waals surface area contributed by atoms with Crippen LogP contribution in [0, 0.1) is 0 Å². The minimum Gasteiger partial charge on any atom is -0.491 e. The zero-order chi connectivity index (χ0) is 42.0. The molecule has 0 aliphatic heterocycles. The van der Waals surface area contributed by atoms with E-state index in [1.807, 2.05) is 0 Å². The van der Waals surface area contributed by atoms with Gasteiger partial charge in [0.2, 0.25) is 0 Å². The Kier molecular flexibility index (Phi) is 46.3. The molecule has 1 aromatic rings. The molecule has 0 saturated carbocycles. The minimum atomic E-state index is 0.512. The van der Waals surface area contributed by atoms with E-state index >= 15 is 0 Å². The predicted octanol–water partition coefficient (Wildman–Crippen LogP) is 7.53. The molecule has 0 bridgehead atoms. The van der Waals surface area contributed by atoms with Gasteiger partial charge >= 0.3 is 0 Å². The van der Waals surface area contributed by atoms with Crippen molar-refractivity contribution in [1.82, 2.24) is 0 Å². The van der Waals surface area contributed by atoms with Gasteiger partial charge in [0.05, 0.1) is 152 Å². The second-order valence-electron chi connectivity index (χ2n) is 14.1. The summed E-state index contributed by atoms with van der Waals surface area (Å²) in [5.74, 6) is 0.887. The summed E-state index contributed by atoms with van der Waals surface area (Å²) in [6, 6.07) is 8.46. The third-order valence-electron chi connectivity index (χ3n) is 8.97. The summed E-state index contributed by atoms with van der Waals surface area (Å²) >= 11 is 0. The first kappa shape index (κ1) is 55.6. The van der Waals surface area contributed by atoms with Crippen molar-refractivity contribution < 1.29 is 61.6 Å². The second kappa shape index (κ2) is 49.2. The Labute approximate surface area is 359 Å². The van der Waals surface area contributed by atoms with Crippen LogP contribution >= 0.6 is 0 Å². The van der Waals surface area contributed by atoms with Crippen LogP contribution in [-0.2, 0) is 63.3 Å². The van der Waals surface area contributed by atoms with E-state index in [1.165, 1.54) is 76.2 Å². The lowest BCUT2D eigenvalue weighted by Gasteiger charge is -2.09. The van der Waals surface area contributed by atoms with E-state index in [2.05, 4.69) is 38.1 Å². The normalized spacial score (nSPS) is 11.6. The van der Waals surface area contributed by atoms with Crippen molar-refractivity contribution >= 4 is 0 Å². The summed E-state index contributed by atoms with van der Waals surface area (Å²) in [5, 5.41) is 0. The van der Waals surface area contributed by atoms with Crippen LogP contribution in [0.2, 0.25) is 0 Å². The topological polar surface area (TPSA) is 120 Å². The van der Waals surface area contributed by atoms with E-state index in [4.69, 9.17) is 61.6 Å². The Bertz CT molecular complexity index is 911. The zero-order valence-electron chi connectivity index (χ0n) is 37.5. The molecule has 0 atom stereocenters. The summed E-state index contributed by atoms with van der Waals surface area (Å²) in [5.41, 5.74) is 1.38. The number of hydrogen-bond acceptors (Lipinski definition) is 13. The SMILES string of the molecule is CCCCCCCCCc1ccc(OCCOCCOCCOCCOCCOCCOCCOCCOCCOCCOCCOCCOCCCCCCC)cc1. The fourth-order valence-electron chi connectivity index (χ4n) is 5.59. The molecule has 1 aromatic carbocycles. The third-order valence-corrected chi connectivity index (χ3v) is 8.97. The average molecular weight is 847 g/mol. The summed E-state index contributed by atoms with van der Waals surface area (Å²) in [6.07, 6.45) is 16.8. The summed E-state index contributed by atoms with van der Waals surface area (Å²) in [7, 11) is 0. The van der Waals surface area contributed by atoms with E-state index in [-0.39, 0.29) is 0 Å². The maximum Gasteiger partial charge on any atom is 0.119 e. The molecule has 59 heavy (non-hydrogen) atoms. The maximum atomic E-state index is 5.79. The van der Waals surface area contributed by atoms with Crippen LogP contribution in [0.1, 0.15) is 96.5 Å². The van der Waals surface area contributed by atoms with E-state index in [0.717, 1.165) is 25.2 Å². The standard InChI is InChI=1S/C46H86O13/c1-3-5-7-9-10-11-13-15-45-16-18-46(19-17-45)59-44-43-58-42-41-57-40-39-56-38-37-55-36-35-54-34-33-53-32-31-52-30-29-51-28-27-50-26-25-49-24-23-48-22-21-47-20-14-12-8-6-4-2/h16-19H,3-15,20-44H2,1-2H3. The van der Waals surface area contributed by atoms with Crippen LogP contribution in [-0.4, -0.2) is 165 Å². The maximum absolute atomic E-state index is 5.79. The molecular weight excluding hydrogens is 760 g/mol. The lowest BCUT2D eigenvalue weighted by Crippen LogP contribution is -2.15. The molecule has 0 radical (unpaired) electrons. The first-order valence-electron chi connectivity index (χ1n) is 23.0. The van der Waals surface area contributed by atoms with Gasteiger partial charge in [-0.05, 0) is 37.0 Å². The highest BCUT2D eigenvalue weighted by atomic mass is 16.6. The lowest BCUT2D eigenvalue weighted by molar-refractivity contribution is -0.0285. The zero-order valence-corrected chi connectivity index (χ0v) is 37.5. The van der Waals surface area contributed by atoms with E-state index < -0.39 is 0 Å². The highest BCUT2D eigenvalue weighted by Gasteiger charge is 2.00. The predicted molar refractivity (Wildman–Crippen MR) is 232 cm³/mol. The van der Waals surface area contributed by atoms with Gasteiger partial charge in [-0.25, -0.2) is 0 Å². The first-order valence-corrected chi connectivity index (χ1v) is 23.0. The second-order valence-corrected chi connectivity index (χ2v) is 14.1. The number of benzene rings is 1. The smallest absolute Gasteiger partial charge is 0.119 e. The highest BCUT2D eigenvalue weighted by molar-refractivity contribution is 5.27. The number of unbranched alkanes of at least 4 members (excludes halogenated alkanes) is 10. The van der Waals surface area contributed by atoms with Crippen LogP contribution in [0.5, 0.6) is 5.75 Å². The molecule has 1 rings (SSSR count). The van der Waals surface area contributed by atoms with Gasteiger partial charge in [-0.3, -0.25) is 0 Å². The fourth-order valence-corrected chi connectivity index (χ4v) is 5.59. The molecule has 13 heteroatoms. The van der Waals surface area contributed by atoms with Gasteiger partial charge in [0.1, 0.15) is 12.4 Å². The van der Waals surface area contributed by atoms with Gasteiger partial charge in [-0.2, -0.15) is 0 Å². The monoisotopic (exact) mass is 847 g/mol. The Balaban J connectivity index is 1.66. The Hall–Kier alpha value is -1.46. The number of ether oxygens (including phenoxy) is 13. The molecule has 0 spiro atoms. The van der Waals surface area contributed by atoms with Crippen molar-refractivity contribution in [2.75, 3.05) is 165 Å². The quantitative estimate of drug-likeness (QED) is 0.0602. The molecule has 0 fully saturated rings. The molecule has 0 aliphatic rings. The van der Waals surface area contributed by atoms with Crippen LogP contribution in [0.3, 0.4) is 0 Å². The van der Waals surface area contributed by atoms with Crippen LogP contribution < -0.4 is 4.74 Å². The average Bonchev–Trinajstić information content (AvgIpc) is 3.25. The van der Waals surface area contributed by atoms with Gasteiger partial charge < -0.3 is 61.6 Å². The van der Waals surface area contributed by atoms with Crippen molar-refractivity contribution in [3.63, 3.8) is 0 Å². The summed E-state index contributed by atoms with van der Waals surface area (Å²) in [6.45, 7) is 18.1. The molecule has 13 nitrogen and oxygen atoms in total. The van der Waals surface area contributed by atoms with E-state index in [9.17, 15) is 0 Å². The molecular formula is C46H86O13. The number of aryl methyl sites for hydroxylation is 1. The van der Waals surface area contributed by atoms with Crippen molar-refractivity contribution in [3.8, 4) is 5.75 Å². The van der Waals surface area contributed by atoms with Gasteiger partial charge in [-0.1, -0.05) is 90.2 Å². The van der Waals surface area contributed by atoms with Crippen molar-refractivity contribution in [2.45, 2.75) is 97.3 Å². The van der Waals surface area contributed by atoms with Crippen LogP contribution in [0.15, 0.2) is 24.3 Å². The Morgan fingerprint density at radius 1 is 0.254 bits per heavy atom. The molecule has 0 N–H and O–H groups in total. The first-order chi connectivity index (χ1) is 29.4. The summed E-state index contributed by atoms with van der Waals surface area (Å²) in [4.78, 5) is 0. The fraction of sp³-hybridized carbons (Fsp3) is 0.870. The van der Waals surface area contributed by atoms with Crippen molar-refractivity contribution in [1.29, 1.82) is 0 Å². The molecule has 0 aliphatic carbocycles. The molecule has 0 unspecified atom stereocenters. The lowest BCUT2D eigenvalue weighted by atomic mass is 10.0. The van der Waals surface area contributed by atoms with Crippen LogP contribution in [0.4, 0.5) is 0 Å². The van der Waals surface area contributed by atoms with Gasteiger partial charge in [0, 0.05) is 6.61 Å². The third kappa shape index (κ3) is 44.4. The number of hydrogen-bond donors (Lipinski definition) is 0. The van der Waals surface area contributed by atoms with E-state index in [1.54, 1.807) is 0 Å². The molecule has 0 heterocycles. The summed E-state index contributed by atoms with van der Waals surface area (Å²) < 4.78 is 72.2. The Morgan fingerprint density at radius 2 is 0.508 bits per heavy atom. The molecule has 0 amide bonds. The minimum absolute atomic E-state index is 0.512. The van der Waals surface area contributed by atoms with Crippen molar-refractivity contribution in [3.05, 3.63) is 29.8 Å². The van der Waals surface area contributed by atoms with Crippen LogP contribution in [0.25, 0.3) is 0 Å². The van der Waals surface area contributed by atoms with E-state index in [0.29, 0.717) is 159 Å². The van der Waals surface area contributed by atoms with Gasteiger partial charge in [-0.15, -0.1) is 0 Å². The highest BCUT2D eigenvalue weighted by Crippen LogP contribution is 2.15. The molecule has 348 valence electrons. The Morgan fingerprint density at radius 3 is 0.831 bits per heavy atom. The van der Waals surface area contributed by atoms with Gasteiger partial charge in [0.25, 0.3) is 0 Å². The number of rotatable bonds is 51. The molecule has 0 saturated heterocycles.